The van der Waals surface area contributed by atoms with Crippen LogP contribution in [-0.2, 0) is 21.1 Å². The molecule has 0 unspecified atom stereocenters. The fraction of sp³-hybridized carbons (Fsp3) is 0. The molecular weight excluding hydrogens is 932 g/mol. The van der Waals surface area contributed by atoms with E-state index in [4.69, 9.17) is 4.98 Å². The summed E-state index contributed by atoms with van der Waals surface area (Å²) < 4.78 is 6.71. The van der Waals surface area contributed by atoms with Crippen LogP contribution in [0.25, 0.3) is 83.4 Å². The second kappa shape index (κ2) is 16.1. The van der Waals surface area contributed by atoms with Gasteiger partial charge in [-0.2, -0.15) is 28.8 Å². The molecule has 288 valence electrons. The molecule has 0 aliphatic carbocycles. The zero-order valence-corrected chi connectivity index (χ0v) is 35.3. The van der Waals surface area contributed by atoms with Crippen LogP contribution in [0, 0.1) is 12.1 Å². The number of hydrogen-bond acceptors (Lipinski definition) is 2. The topological polar surface area (TPSA) is 27.7 Å². The maximum absolute atomic E-state index is 5.05. The van der Waals surface area contributed by atoms with Crippen molar-refractivity contribution < 1.29 is 21.1 Å². The standard InChI is InChI=1S/C54H35N4S.Pt/c1-4-16-38(17-5-1)45-25-15-26-46(39-18-6-2-7-19-39)54(45)40-32-33-55-53(34-40)58-49-27-11-10-24-47(49)48-31-30-44(36-52(48)58)59-43-23-14-22-42(35-43)57-37-56(41-20-8-3-9-21-41)50-28-12-13-29-51(50)57;/h1-34,37H;/q-1;. The first-order chi connectivity index (χ1) is 29.3. The van der Waals surface area contributed by atoms with Crippen molar-refractivity contribution in [2.45, 2.75) is 9.79 Å². The molecule has 0 spiro atoms. The summed E-state index contributed by atoms with van der Waals surface area (Å²) in [5.41, 5.74) is 13.4. The van der Waals surface area contributed by atoms with E-state index < -0.39 is 0 Å². The predicted octanol–water partition coefficient (Wildman–Crippen LogP) is 13.9. The van der Waals surface area contributed by atoms with Crippen molar-refractivity contribution in [3.63, 3.8) is 0 Å². The molecule has 3 heterocycles. The van der Waals surface area contributed by atoms with Crippen LogP contribution >= 0.6 is 11.8 Å². The molecule has 6 heteroatoms. The molecular formula is C54H35N4PtS-. The number of hydrogen-bond donors (Lipinski definition) is 0. The summed E-state index contributed by atoms with van der Waals surface area (Å²) in [7, 11) is 0. The van der Waals surface area contributed by atoms with Crippen LogP contribution in [0.2, 0.25) is 0 Å². The Labute approximate surface area is 367 Å². The molecule has 4 nitrogen and oxygen atoms in total. The minimum absolute atomic E-state index is 0. The second-order valence-electron chi connectivity index (χ2n) is 14.5. The molecule has 60 heavy (non-hydrogen) atoms. The smallest absolute Gasteiger partial charge is 0.168 e. The first kappa shape index (κ1) is 37.5. The molecule has 8 aromatic carbocycles. The van der Waals surface area contributed by atoms with Gasteiger partial charge in [-0.3, -0.25) is 0 Å². The van der Waals surface area contributed by atoms with E-state index in [0.717, 1.165) is 65.4 Å². The van der Waals surface area contributed by atoms with Crippen LogP contribution in [0.15, 0.2) is 223 Å². The molecule has 3 aromatic heterocycles. The number of rotatable bonds is 8. The summed E-state index contributed by atoms with van der Waals surface area (Å²) in [6.07, 6.45) is 4.09. The van der Waals surface area contributed by atoms with E-state index in [1.807, 2.05) is 12.3 Å². The van der Waals surface area contributed by atoms with Crippen LogP contribution in [0.5, 0.6) is 0 Å². The van der Waals surface area contributed by atoms with Crippen molar-refractivity contribution >= 4 is 44.6 Å². The van der Waals surface area contributed by atoms with Crippen LogP contribution in [0.1, 0.15) is 0 Å². The van der Waals surface area contributed by atoms with Crippen LogP contribution < -0.4 is 0 Å². The number of imidazole rings is 1. The van der Waals surface area contributed by atoms with E-state index in [9.17, 15) is 0 Å². The van der Waals surface area contributed by atoms with Crippen molar-refractivity contribution in [2.24, 2.45) is 0 Å². The summed E-state index contributed by atoms with van der Waals surface area (Å²) in [6.45, 7) is 0. The average Bonchev–Trinajstić information content (AvgIpc) is 3.86. The van der Waals surface area contributed by atoms with Crippen molar-refractivity contribution in [2.75, 3.05) is 0 Å². The van der Waals surface area contributed by atoms with Crippen molar-refractivity contribution in [3.8, 4) is 50.6 Å². The van der Waals surface area contributed by atoms with Gasteiger partial charge in [-0.25, -0.2) is 9.55 Å². The van der Waals surface area contributed by atoms with E-state index in [1.54, 1.807) is 11.8 Å². The fourth-order valence-corrected chi connectivity index (χ4v) is 9.12. The number of fused-ring (bicyclic) bond motifs is 4. The Kier molecular flexibility index (Phi) is 10.1. The minimum Gasteiger partial charge on any atom is -0.319 e. The van der Waals surface area contributed by atoms with E-state index in [2.05, 4.69) is 226 Å². The van der Waals surface area contributed by atoms with E-state index >= 15 is 0 Å². The van der Waals surface area contributed by atoms with Crippen LogP contribution in [0.3, 0.4) is 0 Å². The molecule has 0 aliphatic rings. The Bertz CT molecular complexity index is 3240. The maximum Gasteiger partial charge on any atom is 0.168 e. The minimum atomic E-state index is 0. The largest absolute Gasteiger partial charge is 0.319 e. The Balaban J connectivity index is 0.00000433. The van der Waals surface area contributed by atoms with Gasteiger partial charge in [-0.05, 0) is 69.1 Å². The predicted molar refractivity (Wildman–Crippen MR) is 244 cm³/mol. The Morgan fingerprint density at radius 2 is 1.07 bits per heavy atom. The zero-order chi connectivity index (χ0) is 39.1. The number of benzene rings is 8. The summed E-state index contributed by atoms with van der Waals surface area (Å²) in [5.74, 6) is 0.841. The van der Waals surface area contributed by atoms with Gasteiger partial charge in [0, 0.05) is 50.6 Å². The van der Waals surface area contributed by atoms with Gasteiger partial charge < -0.3 is 4.57 Å². The Hall–Kier alpha value is -6.78. The summed E-state index contributed by atoms with van der Waals surface area (Å²) in [5, 5.41) is 2.30. The van der Waals surface area contributed by atoms with Crippen molar-refractivity contribution in [3.05, 3.63) is 225 Å². The van der Waals surface area contributed by atoms with Gasteiger partial charge in [-0.15, -0.1) is 40.2 Å². The molecule has 0 radical (unpaired) electrons. The molecule has 0 saturated heterocycles. The number of aromatic nitrogens is 4. The molecule has 0 amide bonds. The molecule has 0 saturated carbocycles. The van der Waals surface area contributed by atoms with Gasteiger partial charge >= 0.3 is 0 Å². The quantitative estimate of drug-likeness (QED) is 0.142. The zero-order valence-electron chi connectivity index (χ0n) is 32.2. The monoisotopic (exact) mass is 966 g/mol. The van der Waals surface area contributed by atoms with Gasteiger partial charge in [0.05, 0.1) is 0 Å². The number of para-hydroxylation sites is 4. The third-order valence-electron chi connectivity index (χ3n) is 11.0. The summed E-state index contributed by atoms with van der Waals surface area (Å²) in [4.78, 5) is 7.06. The van der Waals surface area contributed by atoms with Gasteiger partial charge in [0.15, 0.2) is 17.4 Å². The number of pyridine rings is 1. The SMILES string of the molecule is [Pt].[c-]1c(Sc2[c-]c3c(cc2)c2ccccc2n3-c2cc(-c3c(-c4ccccc4)cccc3-c3ccccc3)ccn2)cccc1-n1[cH+]n(-c2ccccc2)c2ccccc21. The third-order valence-corrected chi connectivity index (χ3v) is 11.9. The first-order valence-electron chi connectivity index (χ1n) is 19.7. The maximum atomic E-state index is 5.05. The second-order valence-corrected chi connectivity index (χ2v) is 15.6. The van der Waals surface area contributed by atoms with Gasteiger partial charge in [0.1, 0.15) is 11.5 Å². The van der Waals surface area contributed by atoms with E-state index in [-0.39, 0.29) is 21.1 Å². The normalized spacial score (nSPS) is 11.3. The molecule has 0 aliphatic heterocycles. The van der Waals surface area contributed by atoms with Gasteiger partial charge in [-0.1, -0.05) is 138 Å². The molecule has 0 fully saturated rings. The molecule has 0 N–H and O–H groups in total. The van der Waals surface area contributed by atoms with Crippen LogP contribution in [-0.4, -0.2) is 18.7 Å². The van der Waals surface area contributed by atoms with Gasteiger partial charge in [0.2, 0.25) is 0 Å². The van der Waals surface area contributed by atoms with E-state index in [1.165, 1.54) is 27.8 Å². The van der Waals surface area contributed by atoms with Crippen molar-refractivity contribution in [1.29, 1.82) is 0 Å². The first-order valence-corrected chi connectivity index (χ1v) is 20.5. The molecule has 11 aromatic rings. The van der Waals surface area contributed by atoms with E-state index in [0.29, 0.717) is 0 Å². The molecule has 11 rings (SSSR count). The number of nitrogens with zero attached hydrogens (tertiary/aromatic N) is 4. The van der Waals surface area contributed by atoms with Gasteiger partial charge in [0.25, 0.3) is 0 Å². The van der Waals surface area contributed by atoms with Crippen LogP contribution in [0.4, 0.5) is 0 Å². The fourth-order valence-electron chi connectivity index (χ4n) is 8.30. The third kappa shape index (κ3) is 6.76. The Morgan fingerprint density at radius 1 is 0.467 bits per heavy atom. The summed E-state index contributed by atoms with van der Waals surface area (Å²) in [6, 6.07) is 78.1. The van der Waals surface area contributed by atoms with Crippen molar-refractivity contribution in [1.82, 2.24) is 18.7 Å². The Morgan fingerprint density at radius 3 is 1.78 bits per heavy atom. The molecule has 0 bridgehead atoms. The average molecular weight is 967 g/mol. The summed E-state index contributed by atoms with van der Waals surface area (Å²) >= 11 is 1.67. The molecule has 0 atom stereocenters.